The first-order valence-electron chi connectivity index (χ1n) is 6.40. The Balaban J connectivity index is 1.93. The van der Waals surface area contributed by atoms with Gasteiger partial charge in [0.2, 0.25) is 0 Å². The van der Waals surface area contributed by atoms with E-state index in [9.17, 15) is 4.79 Å². The third-order valence-electron chi connectivity index (χ3n) is 3.39. The molecule has 0 bridgehead atoms. The lowest BCUT2D eigenvalue weighted by atomic mass is 10.1. The van der Waals surface area contributed by atoms with E-state index < -0.39 is 0 Å². The fourth-order valence-electron chi connectivity index (χ4n) is 2.36. The molecule has 0 unspecified atom stereocenters. The van der Waals surface area contributed by atoms with Crippen molar-refractivity contribution < 1.29 is 0 Å². The minimum Gasteiger partial charge on any atom is -0.302 e. The Morgan fingerprint density at radius 1 is 1.42 bits per heavy atom. The van der Waals surface area contributed by atoms with Gasteiger partial charge in [-0.05, 0) is 24.2 Å². The number of nitrogens with zero attached hydrogens (tertiary/aromatic N) is 4. The molecular weight excluding hydrogens is 240 g/mol. The second-order valence-corrected chi connectivity index (χ2v) is 4.96. The first-order chi connectivity index (χ1) is 9.22. The average Bonchev–Trinajstić information content (AvgIpc) is 2.41. The standard InChI is InChI=1S/C14H16N4O/c1-17-6-4-13-12(10-17)7-14(19)18(16-13)9-11-3-2-5-15-8-11/h2-3,5,7-8H,4,6,9-10H2,1H3. The normalized spacial score (nSPS) is 15.2. The molecular formula is C14H16N4O. The second-order valence-electron chi connectivity index (χ2n) is 4.96. The molecule has 2 aromatic rings. The predicted octanol–water partition coefficient (Wildman–Crippen LogP) is 0.674. The van der Waals surface area contributed by atoms with E-state index >= 15 is 0 Å². The number of pyridine rings is 1. The first kappa shape index (κ1) is 12.0. The number of fused-ring (bicyclic) bond motifs is 1. The minimum atomic E-state index is -0.0436. The Morgan fingerprint density at radius 3 is 3.11 bits per heavy atom. The second kappa shape index (κ2) is 4.93. The van der Waals surface area contributed by atoms with Gasteiger partial charge in [0, 0.05) is 38.0 Å². The zero-order chi connectivity index (χ0) is 13.2. The van der Waals surface area contributed by atoms with Gasteiger partial charge < -0.3 is 4.90 Å². The van der Waals surface area contributed by atoms with Gasteiger partial charge in [0.15, 0.2) is 0 Å². The summed E-state index contributed by atoms with van der Waals surface area (Å²) in [4.78, 5) is 18.3. The third kappa shape index (κ3) is 2.56. The highest BCUT2D eigenvalue weighted by molar-refractivity contribution is 5.21. The zero-order valence-electron chi connectivity index (χ0n) is 10.9. The van der Waals surface area contributed by atoms with Crippen LogP contribution in [0.15, 0.2) is 35.4 Å². The van der Waals surface area contributed by atoms with Gasteiger partial charge in [0.05, 0.1) is 12.2 Å². The number of likely N-dealkylation sites (N-methyl/N-ethyl adjacent to an activating group) is 1. The van der Waals surface area contributed by atoms with E-state index in [2.05, 4.69) is 22.0 Å². The molecule has 19 heavy (non-hydrogen) atoms. The summed E-state index contributed by atoms with van der Waals surface area (Å²) in [5.74, 6) is 0. The molecule has 3 rings (SSSR count). The molecule has 2 aromatic heterocycles. The molecule has 3 heterocycles. The molecule has 1 aliphatic heterocycles. The van der Waals surface area contributed by atoms with E-state index in [4.69, 9.17) is 0 Å². The number of rotatable bonds is 2. The summed E-state index contributed by atoms with van der Waals surface area (Å²) < 4.78 is 1.53. The quantitative estimate of drug-likeness (QED) is 0.792. The smallest absolute Gasteiger partial charge is 0.267 e. The van der Waals surface area contributed by atoms with E-state index in [0.717, 1.165) is 36.3 Å². The molecule has 0 saturated heterocycles. The number of aromatic nitrogens is 3. The molecule has 0 saturated carbocycles. The van der Waals surface area contributed by atoms with E-state index in [0.29, 0.717) is 6.54 Å². The molecule has 0 fully saturated rings. The maximum absolute atomic E-state index is 12.1. The molecule has 1 aliphatic rings. The molecule has 0 spiro atoms. The van der Waals surface area contributed by atoms with Crippen LogP contribution in [0.25, 0.3) is 0 Å². The lowest BCUT2D eigenvalue weighted by Gasteiger charge is -2.24. The summed E-state index contributed by atoms with van der Waals surface area (Å²) in [6, 6.07) is 5.54. The van der Waals surface area contributed by atoms with Crippen molar-refractivity contribution in [3.05, 3.63) is 57.8 Å². The van der Waals surface area contributed by atoms with Crippen molar-refractivity contribution >= 4 is 0 Å². The molecule has 5 heteroatoms. The Morgan fingerprint density at radius 2 is 2.32 bits per heavy atom. The van der Waals surface area contributed by atoms with Gasteiger partial charge in [-0.1, -0.05) is 6.07 Å². The van der Waals surface area contributed by atoms with Crippen molar-refractivity contribution in [3.63, 3.8) is 0 Å². The van der Waals surface area contributed by atoms with Gasteiger partial charge in [-0.2, -0.15) is 5.10 Å². The van der Waals surface area contributed by atoms with Crippen molar-refractivity contribution in [2.24, 2.45) is 0 Å². The molecule has 0 atom stereocenters. The average molecular weight is 256 g/mol. The zero-order valence-corrected chi connectivity index (χ0v) is 10.9. The van der Waals surface area contributed by atoms with Gasteiger partial charge >= 0.3 is 0 Å². The summed E-state index contributed by atoms with van der Waals surface area (Å²) in [6.45, 7) is 2.28. The third-order valence-corrected chi connectivity index (χ3v) is 3.39. The van der Waals surface area contributed by atoms with E-state index in [1.165, 1.54) is 4.68 Å². The van der Waals surface area contributed by atoms with Crippen LogP contribution in [-0.2, 0) is 19.5 Å². The summed E-state index contributed by atoms with van der Waals surface area (Å²) in [7, 11) is 2.06. The van der Waals surface area contributed by atoms with Crippen molar-refractivity contribution in [3.8, 4) is 0 Å². The molecule has 0 amide bonds. The first-order valence-corrected chi connectivity index (χ1v) is 6.40. The van der Waals surface area contributed by atoms with Crippen LogP contribution in [0.4, 0.5) is 0 Å². The fraction of sp³-hybridized carbons (Fsp3) is 0.357. The fourth-order valence-corrected chi connectivity index (χ4v) is 2.36. The van der Waals surface area contributed by atoms with Crippen LogP contribution < -0.4 is 5.56 Å². The molecule has 5 nitrogen and oxygen atoms in total. The van der Waals surface area contributed by atoms with Crippen molar-refractivity contribution in [1.29, 1.82) is 0 Å². The van der Waals surface area contributed by atoms with Gasteiger partial charge in [-0.25, -0.2) is 4.68 Å². The van der Waals surface area contributed by atoms with Crippen LogP contribution in [0.2, 0.25) is 0 Å². The highest BCUT2D eigenvalue weighted by Crippen LogP contribution is 2.13. The van der Waals surface area contributed by atoms with Gasteiger partial charge in [0.1, 0.15) is 0 Å². The Bertz CT molecular complexity index is 636. The SMILES string of the molecule is CN1CCc2nn(Cc3cccnc3)c(=O)cc2C1. The van der Waals surface area contributed by atoms with Crippen LogP contribution in [0.1, 0.15) is 16.8 Å². The van der Waals surface area contributed by atoms with E-state index in [1.807, 2.05) is 12.1 Å². The Hall–Kier alpha value is -2.01. The van der Waals surface area contributed by atoms with Gasteiger partial charge in [0.25, 0.3) is 5.56 Å². The van der Waals surface area contributed by atoms with Crippen LogP contribution in [-0.4, -0.2) is 33.3 Å². The Kier molecular flexibility index (Phi) is 3.13. The van der Waals surface area contributed by atoms with E-state index in [-0.39, 0.29) is 5.56 Å². The minimum absolute atomic E-state index is 0.0436. The molecule has 0 N–H and O–H groups in total. The highest BCUT2D eigenvalue weighted by Gasteiger charge is 2.16. The number of hydrogen-bond donors (Lipinski definition) is 0. The van der Waals surface area contributed by atoms with Crippen molar-refractivity contribution in [2.45, 2.75) is 19.5 Å². The van der Waals surface area contributed by atoms with Crippen LogP contribution in [0, 0.1) is 0 Å². The molecule has 0 radical (unpaired) electrons. The molecule has 0 aromatic carbocycles. The number of hydrogen-bond acceptors (Lipinski definition) is 4. The predicted molar refractivity (Wildman–Crippen MR) is 71.9 cm³/mol. The maximum Gasteiger partial charge on any atom is 0.267 e. The monoisotopic (exact) mass is 256 g/mol. The lowest BCUT2D eigenvalue weighted by Crippen LogP contribution is -2.33. The van der Waals surface area contributed by atoms with Gasteiger partial charge in [-0.3, -0.25) is 9.78 Å². The lowest BCUT2D eigenvalue weighted by molar-refractivity contribution is 0.306. The van der Waals surface area contributed by atoms with Crippen molar-refractivity contribution in [1.82, 2.24) is 19.7 Å². The van der Waals surface area contributed by atoms with Crippen LogP contribution >= 0.6 is 0 Å². The highest BCUT2D eigenvalue weighted by atomic mass is 16.1. The summed E-state index contributed by atoms with van der Waals surface area (Å²) in [6.07, 6.45) is 4.39. The Labute approximate surface area is 111 Å². The molecule has 98 valence electrons. The summed E-state index contributed by atoms with van der Waals surface area (Å²) in [5.41, 5.74) is 3.05. The topological polar surface area (TPSA) is 51.0 Å². The van der Waals surface area contributed by atoms with Crippen LogP contribution in [0.3, 0.4) is 0 Å². The largest absolute Gasteiger partial charge is 0.302 e. The summed E-state index contributed by atoms with van der Waals surface area (Å²) in [5, 5.41) is 4.49. The maximum atomic E-state index is 12.1. The molecule has 0 aliphatic carbocycles. The van der Waals surface area contributed by atoms with E-state index in [1.54, 1.807) is 18.5 Å². The van der Waals surface area contributed by atoms with Crippen molar-refractivity contribution in [2.75, 3.05) is 13.6 Å². The summed E-state index contributed by atoms with van der Waals surface area (Å²) >= 11 is 0. The van der Waals surface area contributed by atoms with Gasteiger partial charge in [-0.15, -0.1) is 0 Å². The van der Waals surface area contributed by atoms with Crippen LogP contribution in [0.5, 0.6) is 0 Å².